The first-order valence-electron chi connectivity index (χ1n) is 6.86. The van der Waals surface area contributed by atoms with Crippen molar-refractivity contribution < 1.29 is 4.79 Å². The van der Waals surface area contributed by atoms with Crippen molar-refractivity contribution in [3.63, 3.8) is 0 Å². The van der Waals surface area contributed by atoms with Gasteiger partial charge in [0.15, 0.2) is 0 Å². The fourth-order valence-electron chi connectivity index (χ4n) is 2.67. The molecule has 19 heavy (non-hydrogen) atoms. The summed E-state index contributed by atoms with van der Waals surface area (Å²) < 4.78 is 1.78. The van der Waals surface area contributed by atoms with Gasteiger partial charge in [-0.15, -0.1) is 0 Å². The minimum atomic E-state index is 0.138. The van der Waals surface area contributed by atoms with Crippen LogP contribution in [0.25, 0.3) is 10.9 Å². The summed E-state index contributed by atoms with van der Waals surface area (Å²) in [4.78, 5) is 14.4. The van der Waals surface area contributed by atoms with Gasteiger partial charge in [-0.2, -0.15) is 5.10 Å². The monoisotopic (exact) mass is 257 g/mol. The summed E-state index contributed by atoms with van der Waals surface area (Å²) >= 11 is 0. The van der Waals surface area contributed by atoms with Gasteiger partial charge in [0.2, 0.25) is 0 Å². The lowest BCUT2D eigenvalue weighted by atomic mass is 9.98. The van der Waals surface area contributed by atoms with Crippen LogP contribution >= 0.6 is 0 Å². The molecule has 1 amide bonds. The molecule has 4 nitrogen and oxygen atoms in total. The Morgan fingerprint density at radius 3 is 2.79 bits per heavy atom. The molecule has 0 saturated carbocycles. The molecule has 1 aliphatic rings. The van der Waals surface area contributed by atoms with Crippen LogP contribution in [0.15, 0.2) is 24.4 Å². The van der Waals surface area contributed by atoms with Gasteiger partial charge in [0.05, 0.1) is 5.52 Å². The van der Waals surface area contributed by atoms with Gasteiger partial charge in [0.1, 0.15) is 0 Å². The maximum Gasteiger partial charge on any atom is 0.253 e. The van der Waals surface area contributed by atoms with Gasteiger partial charge in [-0.3, -0.25) is 9.48 Å². The number of likely N-dealkylation sites (tertiary alicyclic amines) is 1. The Labute approximate surface area is 113 Å². The number of fused-ring (bicyclic) bond motifs is 1. The molecular weight excluding hydrogens is 238 g/mol. The molecular formula is C15H19N3O. The van der Waals surface area contributed by atoms with Crippen molar-refractivity contribution in [1.29, 1.82) is 0 Å². The molecule has 3 rings (SSSR count). The van der Waals surface area contributed by atoms with Gasteiger partial charge in [-0.1, -0.05) is 13.0 Å². The molecule has 1 fully saturated rings. The smallest absolute Gasteiger partial charge is 0.253 e. The Balaban J connectivity index is 1.84. The topological polar surface area (TPSA) is 38.1 Å². The molecule has 1 saturated heterocycles. The number of hydrogen-bond donors (Lipinski definition) is 0. The molecule has 1 aromatic carbocycles. The van der Waals surface area contributed by atoms with E-state index < -0.39 is 0 Å². The second-order valence-corrected chi connectivity index (χ2v) is 5.55. The SMILES string of the molecule is CC1CCN(C(=O)c2ccc3cn(C)nc3c2)CC1. The van der Waals surface area contributed by atoms with Crippen LogP contribution in [0.4, 0.5) is 0 Å². The zero-order valence-electron chi connectivity index (χ0n) is 11.5. The quantitative estimate of drug-likeness (QED) is 0.787. The first kappa shape index (κ1) is 12.2. The molecule has 0 atom stereocenters. The molecule has 0 radical (unpaired) electrons. The number of aryl methyl sites for hydroxylation is 1. The van der Waals surface area contributed by atoms with Crippen molar-refractivity contribution in [1.82, 2.24) is 14.7 Å². The summed E-state index contributed by atoms with van der Waals surface area (Å²) in [6, 6.07) is 5.78. The first-order chi connectivity index (χ1) is 9.13. The zero-order chi connectivity index (χ0) is 13.4. The highest BCUT2D eigenvalue weighted by molar-refractivity contribution is 5.97. The van der Waals surface area contributed by atoms with Crippen LogP contribution in [0.1, 0.15) is 30.1 Å². The standard InChI is InChI=1S/C15H19N3O/c1-11-5-7-18(8-6-11)15(19)12-3-4-13-10-17(2)16-14(13)9-12/h3-4,9-11H,5-8H2,1-2H3. The van der Waals surface area contributed by atoms with Gasteiger partial charge in [0, 0.05) is 37.3 Å². The highest BCUT2D eigenvalue weighted by Crippen LogP contribution is 2.20. The lowest BCUT2D eigenvalue weighted by Gasteiger charge is -2.30. The predicted molar refractivity (Wildman–Crippen MR) is 75.0 cm³/mol. The Morgan fingerprint density at radius 2 is 2.05 bits per heavy atom. The molecule has 0 N–H and O–H groups in total. The second kappa shape index (κ2) is 4.68. The summed E-state index contributed by atoms with van der Waals surface area (Å²) in [5.41, 5.74) is 1.64. The fraction of sp³-hybridized carbons (Fsp3) is 0.467. The minimum Gasteiger partial charge on any atom is -0.339 e. The van der Waals surface area contributed by atoms with E-state index >= 15 is 0 Å². The lowest BCUT2D eigenvalue weighted by Crippen LogP contribution is -2.37. The van der Waals surface area contributed by atoms with Crippen molar-refractivity contribution in [3.8, 4) is 0 Å². The maximum atomic E-state index is 12.4. The van der Waals surface area contributed by atoms with Gasteiger partial charge >= 0.3 is 0 Å². The third-order valence-corrected chi connectivity index (χ3v) is 3.94. The van der Waals surface area contributed by atoms with E-state index in [4.69, 9.17) is 0 Å². The number of nitrogens with zero attached hydrogens (tertiary/aromatic N) is 3. The molecule has 4 heteroatoms. The number of piperidine rings is 1. The number of rotatable bonds is 1. The summed E-state index contributed by atoms with van der Waals surface area (Å²) in [5, 5.41) is 5.43. The van der Waals surface area contributed by atoms with E-state index in [1.165, 1.54) is 0 Å². The Kier molecular flexibility index (Phi) is 3.01. The fourth-order valence-corrected chi connectivity index (χ4v) is 2.67. The first-order valence-corrected chi connectivity index (χ1v) is 6.86. The van der Waals surface area contributed by atoms with Crippen molar-refractivity contribution in [3.05, 3.63) is 30.0 Å². The third-order valence-electron chi connectivity index (χ3n) is 3.94. The van der Waals surface area contributed by atoms with Crippen molar-refractivity contribution in [2.75, 3.05) is 13.1 Å². The van der Waals surface area contributed by atoms with E-state index in [0.717, 1.165) is 48.3 Å². The predicted octanol–water partition coefficient (Wildman–Crippen LogP) is 2.45. The highest BCUT2D eigenvalue weighted by Gasteiger charge is 2.21. The highest BCUT2D eigenvalue weighted by atomic mass is 16.2. The van der Waals surface area contributed by atoms with E-state index in [9.17, 15) is 4.79 Å². The van der Waals surface area contributed by atoms with Crippen LogP contribution in [0.3, 0.4) is 0 Å². The Bertz CT molecular complexity index is 609. The molecule has 100 valence electrons. The number of carbonyl (C=O) groups is 1. The van der Waals surface area contributed by atoms with Crippen LogP contribution in [-0.4, -0.2) is 33.7 Å². The summed E-state index contributed by atoms with van der Waals surface area (Å²) in [6.07, 6.45) is 4.18. The van der Waals surface area contributed by atoms with E-state index in [0.29, 0.717) is 0 Å². The van der Waals surface area contributed by atoms with Crippen LogP contribution in [0, 0.1) is 5.92 Å². The van der Waals surface area contributed by atoms with Crippen LogP contribution in [0.2, 0.25) is 0 Å². The van der Waals surface area contributed by atoms with E-state index in [-0.39, 0.29) is 5.91 Å². The van der Waals surface area contributed by atoms with Gasteiger partial charge in [0.25, 0.3) is 5.91 Å². The minimum absolute atomic E-state index is 0.138. The van der Waals surface area contributed by atoms with Gasteiger partial charge < -0.3 is 4.90 Å². The number of hydrogen-bond acceptors (Lipinski definition) is 2. The Hall–Kier alpha value is -1.84. The molecule has 1 aromatic heterocycles. The van der Waals surface area contributed by atoms with Crippen molar-refractivity contribution in [2.45, 2.75) is 19.8 Å². The lowest BCUT2D eigenvalue weighted by molar-refractivity contribution is 0.0697. The van der Waals surface area contributed by atoms with Crippen LogP contribution < -0.4 is 0 Å². The van der Waals surface area contributed by atoms with Crippen molar-refractivity contribution >= 4 is 16.8 Å². The number of amides is 1. The van der Waals surface area contributed by atoms with E-state index in [2.05, 4.69) is 12.0 Å². The summed E-state index contributed by atoms with van der Waals surface area (Å²) in [5.74, 6) is 0.877. The molecule has 0 spiro atoms. The molecule has 0 aliphatic carbocycles. The average molecular weight is 257 g/mol. The molecule has 0 bridgehead atoms. The molecule has 2 heterocycles. The summed E-state index contributed by atoms with van der Waals surface area (Å²) in [6.45, 7) is 4.00. The maximum absolute atomic E-state index is 12.4. The zero-order valence-corrected chi connectivity index (χ0v) is 11.5. The van der Waals surface area contributed by atoms with E-state index in [1.807, 2.05) is 36.3 Å². The largest absolute Gasteiger partial charge is 0.339 e. The number of aromatic nitrogens is 2. The number of carbonyl (C=O) groups excluding carboxylic acids is 1. The van der Waals surface area contributed by atoms with Gasteiger partial charge in [-0.05, 0) is 30.9 Å². The average Bonchev–Trinajstić information content (AvgIpc) is 2.77. The Morgan fingerprint density at radius 1 is 1.32 bits per heavy atom. The number of benzene rings is 1. The third kappa shape index (κ3) is 2.35. The molecule has 1 aliphatic heterocycles. The summed E-state index contributed by atoms with van der Waals surface area (Å²) in [7, 11) is 1.90. The van der Waals surface area contributed by atoms with Crippen LogP contribution in [0.5, 0.6) is 0 Å². The molecule has 0 unspecified atom stereocenters. The van der Waals surface area contributed by atoms with Gasteiger partial charge in [-0.25, -0.2) is 0 Å². The van der Waals surface area contributed by atoms with E-state index in [1.54, 1.807) is 4.68 Å². The normalized spacial score (nSPS) is 17.1. The van der Waals surface area contributed by atoms with Crippen molar-refractivity contribution in [2.24, 2.45) is 13.0 Å². The molecule has 2 aromatic rings. The van der Waals surface area contributed by atoms with Crippen LogP contribution in [-0.2, 0) is 7.05 Å². The second-order valence-electron chi connectivity index (χ2n) is 5.55.